The zero-order valence-electron chi connectivity index (χ0n) is 8.85. The topological polar surface area (TPSA) is 63.3 Å². The van der Waals surface area contributed by atoms with Crippen LogP contribution in [0.15, 0.2) is 42.5 Å². The van der Waals surface area contributed by atoms with E-state index in [4.69, 9.17) is 10.8 Å². The van der Waals surface area contributed by atoms with E-state index in [1.807, 2.05) is 0 Å². The Morgan fingerprint density at radius 1 is 1.18 bits per heavy atom. The maximum Gasteiger partial charge on any atom is 0.335 e. The molecule has 0 atom stereocenters. The van der Waals surface area contributed by atoms with Gasteiger partial charge in [0.2, 0.25) is 0 Å². The lowest BCUT2D eigenvalue weighted by molar-refractivity contribution is 0.0697. The summed E-state index contributed by atoms with van der Waals surface area (Å²) >= 11 is 0. The summed E-state index contributed by atoms with van der Waals surface area (Å²) in [4.78, 5) is 10.9. The number of hydrogen-bond acceptors (Lipinski definition) is 2. The van der Waals surface area contributed by atoms with E-state index in [0.29, 0.717) is 16.8 Å². The molecule has 2 rings (SSSR count). The van der Waals surface area contributed by atoms with Gasteiger partial charge in [0.05, 0.1) is 5.56 Å². The smallest absolute Gasteiger partial charge is 0.335 e. The molecule has 0 amide bonds. The van der Waals surface area contributed by atoms with E-state index in [-0.39, 0.29) is 5.56 Å². The molecule has 0 aromatic heterocycles. The van der Waals surface area contributed by atoms with Crippen molar-refractivity contribution in [1.82, 2.24) is 0 Å². The van der Waals surface area contributed by atoms with Crippen molar-refractivity contribution in [3.05, 3.63) is 53.8 Å². The van der Waals surface area contributed by atoms with Crippen LogP contribution in [0.2, 0.25) is 0 Å². The second-order valence-electron chi connectivity index (χ2n) is 3.63. The van der Waals surface area contributed by atoms with Crippen LogP contribution in [0.1, 0.15) is 10.4 Å². The first-order chi connectivity index (χ1) is 8.08. The van der Waals surface area contributed by atoms with Gasteiger partial charge in [-0.25, -0.2) is 9.18 Å². The molecule has 2 aromatic carbocycles. The van der Waals surface area contributed by atoms with Crippen molar-refractivity contribution in [1.29, 1.82) is 0 Å². The van der Waals surface area contributed by atoms with Crippen LogP contribution >= 0.6 is 0 Å². The number of aromatic carboxylic acids is 1. The number of nitrogens with two attached hydrogens (primary N) is 1. The van der Waals surface area contributed by atoms with Crippen LogP contribution in [0, 0.1) is 5.82 Å². The highest BCUT2D eigenvalue weighted by atomic mass is 19.1. The summed E-state index contributed by atoms with van der Waals surface area (Å²) in [7, 11) is 0. The Labute approximate surface area is 97.3 Å². The molecule has 3 N–H and O–H groups in total. The molecule has 3 nitrogen and oxygen atoms in total. The molecule has 0 saturated heterocycles. The molecule has 0 bridgehead atoms. The van der Waals surface area contributed by atoms with Crippen molar-refractivity contribution < 1.29 is 14.3 Å². The molecule has 0 aliphatic rings. The third kappa shape index (κ3) is 2.25. The number of anilines is 1. The van der Waals surface area contributed by atoms with Crippen LogP contribution < -0.4 is 5.73 Å². The van der Waals surface area contributed by atoms with Crippen molar-refractivity contribution in [3.8, 4) is 11.1 Å². The molecule has 0 radical (unpaired) electrons. The normalized spacial score (nSPS) is 10.2. The quantitative estimate of drug-likeness (QED) is 0.781. The van der Waals surface area contributed by atoms with E-state index in [2.05, 4.69) is 0 Å². The zero-order valence-corrected chi connectivity index (χ0v) is 8.85. The van der Waals surface area contributed by atoms with Crippen LogP contribution in [0.5, 0.6) is 0 Å². The number of rotatable bonds is 2. The van der Waals surface area contributed by atoms with Gasteiger partial charge in [-0.15, -0.1) is 0 Å². The van der Waals surface area contributed by atoms with Gasteiger partial charge in [-0.2, -0.15) is 0 Å². The number of nitrogen functional groups attached to an aromatic ring is 1. The minimum atomic E-state index is -1.09. The van der Waals surface area contributed by atoms with Crippen molar-refractivity contribution >= 4 is 11.7 Å². The Morgan fingerprint density at radius 2 is 1.88 bits per heavy atom. The fraction of sp³-hybridized carbons (Fsp3) is 0. The number of carbonyl (C=O) groups is 1. The van der Waals surface area contributed by atoms with Crippen molar-refractivity contribution in [3.63, 3.8) is 0 Å². The number of benzene rings is 2. The van der Waals surface area contributed by atoms with Gasteiger partial charge < -0.3 is 10.8 Å². The third-order valence-electron chi connectivity index (χ3n) is 2.39. The lowest BCUT2D eigenvalue weighted by Crippen LogP contribution is -1.99. The van der Waals surface area contributed by atoms with Gasteiger partial charge in [-0.3, -0.25) is 0 Å². The molecule has 2 aromatic rings. The molecule has 0 fully saturated rings. The van der Waals surface area contributed by atoms with Crippen molar-refractivity contribution in [2.45, 2.75) is 0 Å². The van der Waals surface area contributed by atoms with E-state index >= 15 is 0 Å². The highest BCUT2D eigenvalue weighted by Crippen LogP contribution is 2.25. The average molecular weight is 231 g/mol. The Kier molecular flexibility index (Phi) is 2.78. The summed E-state index contributed by atoms with van der Waals surface area (Å²) in [6.07, 6.45) is 0. The van der Waals surface area contributed by atoms with Crippen LogP contribution in [0.3, 0.4) is 0 Å². The highest BCUT2D eigenvalue weighted by Gasteiger charge is 2.09. The largest absolute Gasteiger partial charge is 0.478 e. The molecule has 0 spiro atoms. The van der Waals surface area contributed by atoms with E-state index in [1.54, 1.807) is 24.3 Å². The van der Waals surface area contributed by atoms with Crippen molar-refractivity contribution in [2.75, 3.05) is 5.73 Å². The lowest BCUT2D eigenvalue weighted by atomic mass is 10.0. The Morgan fingerprint density at radius 3 is 2.53 bits per heavy atom. The summed E-state index contributed by atoms with van der Waals surface area (Å²) in [5.74, 6) is -1.50. The van der Waals surface area contributed by atoms with E-state index in [0.717, 1.165) is 0 Å². The molecule has 0 aliphatic carbocycles. The number of halogens is 1. The predicted molar refractivity (Wildman–Crippen MR) is 63.2 cm³/mol. The highest BCUT2D eigenvalue weighted by molar-refractivity contribution is 5.91. The molecule has 4 heteroatoms. The first kappa shape index (κ1) is 11.1. The standard InChI is InChI=1S/C13H10FNO2/c14-12-4-2-1-3-11(12)8-5-9(13(16)17)7-10(15)6-8/h1-7H,15H2,(H,16,17). The van der Waals surface area contributed by atoms with Crippen molar-refractivity contribution in [2.24, 2.45) is 0 Å². The fourth-order valence-corrected chi connectivity index (χ4v) is 1.63. The number of carboxylic acid groups (broad SMARTS) is 1. The second kappa shape index (κ2) is 4.25. The minimum Gasteiger partial charge on any atom is -0.478 e. The number of carboxylic acids is 1. The number of hydrogen-bond donors (Lipinski definition) is 2. The van der Waals surface area contributed by atoms with Gasteiger partial charge >= 0.3 is 5.97 Å². The summed E-state index contributed by atoms with van der Waals surface area (Å²) in [5.41, 5.74) is 6.73. The zero-order chi connectivity index (χ0) is 12.4. The van der Waals surface area contributed by atoms with Gasteiger partial charge in [0.15, 0.2) is 0 Å². The van der Waals surface area contributed by atoms with Crippen LogP contribution in [0.25, 0.3) is 11.1 Å². The summed E-state index contributed by atoms with van der Waals surface area (Å²) in [5, 5.41) is 8.90. The molecule has 17 heavy (non-hydrogen) atoms. The minimum absolute atomic E-state index is 0.0447. The van der Waals surface area contributed by atoms with Gasteiger partial charge in [0.1, 0.15) is 5.82 Å². The Balaban J connectivity index is 2.60. The molecular formula is C13H10FNO2. The van der Waals surface area contributed by atoms with Gasteiger partial charge in [0.25, 0.3) is 0 Å². The predicted octanol–water partition coefficient (Wildman–Crippen LogP) is 2.77. The van der Waals surface area contributed by atoms with Gasteiger partial charge in [-0.05, 0) is 29.8 Å². The van der Waals surface area contributed by atoms with Gasteiger partial charge in [-0.1, -0.05) is 18.2 Å². The maximum atomic E-state index is 13.6. The molecule has 0 aliphatic heterocycles. The SMILES string of the molecule is Nc1cc(C(=O)O)cc(-c2ccccc2F)c1. The third-order valence-corrected chi connectivity index (χ3v) is 2.39. The summed E-state index contributed by atoms with van der Waals surface area (Å²) in [6, 6.07) is 10.4. The second-order valence-corrected chi connectivity index (χ2v) is 3.63. The Hall–Kier alpha value is -2.36. The maximum absolute atomic E-state index is 13.6. The summed E-state index contributed by atoms with van der Waals surface area (Å²) < 4.78 is 13.6. The van der Waals surface area contributed by atoms with Gasteiger partial charge in [0, 0.05) is 11.3 Å². The molecule has 86 valence electrons. The molecule has 0 unspecified atom stereocenters. The molecular weight excluding hydrogens is 221 g/mol. The average Bonchev–Trinajstić information content (AvgIpc) is 2.28. The van der Waals surface area contributed by atoms with E-state index in [9.17, 15) is 9.18 Å². The fourth-order valence-electron chi connectivity index (χ4n) is 1.63. The molecule has 0 saturated carbocycles. The lowest BCUT2D eigenvalue weighted by Gasteiger charge is -2.06. The van der Waals surface area contributed by atoms with E-state index in [1.165, 1.54) is 18.2 Å². The first-order valence-corrected chi connectivity index (χ1v) is 4.96. The monoisotopic (exact) mass is 231 g/mol. The summed E-state index contributed by atoms with van der Waals surface area (Å²) in [6.45, 7) is 0. The van der Waals surface area contributed by atoms with Crippen LogP contribution in [0.4, 0.5) is 10.1 Å². The van der Waals surface area contributed by atoms with Crippen LogP contribution in [-0.2, 0) is 0 Å². The van der Waals surface area contributed by atoms with E-state index < -0.39 is 11.8 Å². The molecule has 0 heterocycles. The first-order valence-electron chi connectivity index (χ1n) is 4.96. The Bertz CT molecular complexity index is 581. The van der Waals surface area contributed by atoms with Crippen LogP contribution in [-0.4, -0.2) is 11.1 Å².